The van der Waals surface area contributed by atoms with Crippen LogP contribution in [0.5, 0.6) is 11.5 Å². The molecule has 1 unspecified atom stereocenters. The summed E-state index contributed by atoms with van der Waals surface area (Å²) in [5.74, 6) is -3.12. The molecule has 0 saturated carbocycles. The van der Waals surface area contributed by atoms with E-state index in [1.165, 1.54) is 24.3 Å². The van der Waals surface area contributed by atoms with Crippen molar-refractivity contribution in [2.24, 2.45) is 0 Å². The number of piperidine rings is 1. The molecule has 5 rings (SSSR count). The van der Waals surface area contributed by atoms with Crippen molar-refractivity contribution in [1.29, 1.82) is 0 Å². The van der Waals surface area contributed by atoms with Gasteiger partial charge in [0.25, 0.3) is 23.6 Å². The summed E-state index contributed by atoms with van der Waals surface area (Å²) in [5, 5.41) is 9.51. The molecule has 0 bridgehead atoms. The fourth-order valence-electron chi connectivity index (χ4n) is 5.71. The van der Waals surface area contributed by atoms with E-state index in [0.29, 0.717) is 38.3 Å². The van der Waals surface area contributed by atoms with Crippen molar-refractivity contribution in [2.45, 2.75) is 45.6 Å². The second kappa shape index (κ2) is 16.6. The number of hydrogen-bond donors (Lipinski definition) is 3. The lowest BCUT2D eigenvalue weighted by Crippen LogP contribution is -2.54. The van der Waals surface area contributed by atoms with Crippen LogP contribution in [-0.4, -0.2) is 85.3 Å². The molecule has 3 aromatic carbocycles. The van der Waals surface area contributed by atoms with Gasteiger partial charge in [0.1, 0.15) is 17.5 Å². The highest BCUT2D eigenvalue weighted by Gasteiger charge is 2.46. The fourth-order valence-corrected chi connectivity index (χ4v) is 5.71. The van der Waals surface area contributed by atoms with Crippen molar-refractivity contribution in [3.8, 4) is 11.5 Å². The predicted octanol–water partition coefficient (Wildman–Crippen LogP) is 2.68. The minimum Gasteiger partial charge on any atom is -0.484 e. The van der Waals surface area contributed by atoms with E-state index in [4.69, 9.17) is 14.2 Å². The fraction of sp³-hybridized carbons (Fsp3) is 0.324. The molecule has 14 heteroatoms. The van der Waals surface area contributed by atoms with Crippen molar-refractivity contribution in [3.05, 3.63) is 77.4 Å². The summed E-state index contributed by atoms with van der Waals surface area (Å²) < 4.78 is 16.2. The average molecular weight is 699 g/mol. The minimum absolute atomic E-state index is 0.00336. The monoisotopic (exact) mass is 698 g/mol. The molecule has 0 spiro atoms. The Balaban J connectivity index is 0.991. The Morgan fingerprint density at radius 2 is 1.57 bits per heavy atom. The summed E-state index contributed by atoms with van der Waals surface area (Å²) in [6.07, 6.45) is 2.66. The lowest BCUT2D eigenvalue weighted by atomic mass is 10.0. The number of carbonyl (C=O) groups excluding carboxylic acids is 7. The first-order valence-corrected chi connectivity index (χ1v) is 16.6. The van der Waals surface area contributed by atoms with Gasteiger partial charge in [-0.2, -0.15) is 0 Å². The van der Waals surface area contributed by atoms with E-state index in [2.05, 4.69) is 16.0 Å². The Labute approximate surface area is 293 Å². The summed E-state index contributed by atoms with van der Waals surface area (Å²) in [7, 11) is 0. The van der Waals surface area contributed by atoms with Crippen LogP contribution in [0.4, 0.5) is 0 Å². The van der Waals surface area contributed by atoms with Gasteiger partial charge in [-0.3, -0.25) is 39.0 Å². The maximum absolute atomic E-state index is 13.2. The molecule has 2 aliphatic rings. The first kappa shape index (κ1) is 36.2. The predicted molar refractivity (Wildman–Crippen MR) is 184 cm³/mol. The number of amides is 6. The number of fused-ring (bicyclic) bond motifs is 2. The summed E-state index contributed by atoms with van der Waals surface area (Å²) in [6.45, 7) is 4.03. The molecule has 0 radical (unpaired) electrons. The number of hydrogen-bond acceptors (Lipinski definition) is 10. The molecule has 51 heavy (non-hydrogen) atoms. The molecule has 0 aromatic heterocycles. The average Bonchev–Trinajstić information content (AvgIpc) is 3.36. The number of imide groups is 2. The molecular weight excluding hydrogens is 660 g/mol. The van der Waals surface area contributed by atoms with Crippen molar-refractivity contribution in [3.63, 3.8) is 0 Å². The third-order valence-electron chi connectivity index (χ3n) is 8.29. The minimum atomic E-state index is -1.11. The Kier molecular flexibility index (Phi) is 11.8. The molecule has 3 N–H and O–H groups in total. The van der Waals surface area contributed by atoms with Gasteiger partial charge in [-0.05, 0) is 85.4 Å². The van der Waals surface area contributed by atoms with Crippen LogP contribution in [0, 0.1) is 0 Å². The first-order valence-electron chi connectivity index (χ1n) is 16.6. The van der Waals surface area contributed by atoms with Crippen LogP contribution in [0.1, 0.15) is 65.8 Å². The zero-order valence-corrected chi connectivity index (χ0v) is 28.2. The Hall–Kier alpha value is -6.05. The van der Waals surface area contributed by atoms with E-state index in [0.717, 1.165) is 26.8 Å². The van der Waals surface area contributed by atoms with Crippen LogP contribution >= 0.6 is 0 Å². The SMILES string of the molecule is CCOC(=O)/C=C(\C)c1ccc2cc(OCC(=O)NCCCCNC(=O)COc3cccc4c3C(=O)N(C3CCC(=O)NC3=O)C4=O)ccc2c1. The third kappa shape index (κ3) is 8.95. The maximum Gasteiger partial charge on any atom is 0.331 e. The standard InChI is InChI=1S/C37H38N4O10/c1-3-49-33(45)17-22(2)23-9-10-25-19-26(12-11-24(25)18-23)50-20-31(43)38-15-4-5-16-39-32(44)21-51-29-8-6-7-27-34(29)37(48)41(36(27)47)28-13-14-30(42)40-35(28)46/h6-12,17-19,28H,3-5,13-16,20-21H2,1-2H3,(H,38,43)(H,39,44)(H,40,42,46)/b22-17+. The van der Waals surface area contributed by atoms with Gasteiger partial charge in [0.2, 0.25) is 11.8 Å². The van der Waals surface area contributed by atoms with E-state index < -0.39 is 42.2 Å². The van der Waals surface area contributed by atoms with Crippen molar-refractivity contribution in [1.82, 2.24) is 20.9 Å². The Morgan fingerprint density at radius 3 is 2.27 bits per heavy atom. The van der Waals surface area contributed by atoms with Gasteiger partial charge in [-0.15, -0.1) is 0 Å². The number of benzene rings is 3. The highest BCUT2D eigenvalue weighted by molar-refractivity contribution is 6.24. The summed E-state index contributed by atoms with van der Waals surface area (Å²) in [5.41, 5.74) is 1.70. The highest BCUT2D eigenvalue weighted by atomic mass is 16.5. The van der Waals surface area contributed by atoms with Gasteiger partial charge >= 0.3 is 5.97 Å². The van der Waals surface area contributed by atoms with E-state index in [9.17, 15) is 33.6 Å². The molecule has 1 saturated heterocycles. The second-order valence-electron chi connectivity index (χ2n) is 11.9. The third-order valence-corrected chi connectivity index (χ3v) is 8.29. The van der Waals surface area contributed by atoms with Gasteiger partial charge in [0, 0.05) is 25.6 Å². The molecular formula is C37H38N4O10. The lowest BCUT2D eigenvalue weighted by molar-refractivity contribution is -0.138. The molecule has 1 atom stereocenters. The molecule has 14 nitrogen and oxygen atoms in total. The van der Waals surface area contributed by atoms with E-state index in [1.807, 2.05) is 37.3 Å². The summed E-state index contributed by atoms with van der Waals surface area (Å²) in [6, 6.07) is 14.6. The molecule has 0 aliphatic carbocycles. The van der Waals surface area contributed by atoms with Gasteiger partial charge in [0.05, 0.1) is 17.7 Å². The molecule has 266 valence electrons. The molecule has 2 aliphatic heterocycles. The van der Waals surface area contributed by atoms with Gasteiger partial charge in [0.15, 0.2) is 13.2 Å². The van der Waals surface area contributed by atoms with Gasteiger partial charge < -0.3 is 24.8 Å². The van der Waals surface area contributed by atoms with E-state index in [-0.39, 0.29) is 48.2 Å². The van der Waals surface area contributed by atoms with Crippen LogP contribution in [0.2, 0.25) is 0 Å². The summed E-state index contributed by atoms with van der Waals surface area (Å²) >= 11 is 0. The summed E-state index contributed by atoms with van der Waals surface area (Å²) in [4.78, 5) is 87.3. The largest absolute Gasteiger partial charge is 0.484 e. The lowest BCUT2D eigenvalue weighted by Gasteiger charge is -2.27. The van der Waals surface area contributed by atoms with E-state index >= 15 is 0 Å². The number of rotatable bonds is 15. The van der Waals surface area contributed by atoms with Crippen LogP contribution in [0.3, 0.4) is 0 Å². The van der Waals surface area contributed by atoms with E-state index in [1.54, 1.807) is 13.0 Å². The number of unbranched alkanes of at least 4 members (excludes halogenated alkanes) is 1. The van der Waals surface area contributed by atoms with Crippen LogP contribution in [0.25, 0.3) is 16.3 Å². The number of esters is 1. The first-order chi connectivity index (χ1) is 24.5. The van der Waals surface area contributed by atoms with Crippen molar-refractivity contribution in [2.75, 3.05) is 32.9 Å². The second-order valence-corrected chi connectivity index (χ2v) is 11.9. The van der Waals surface area contributed by atoms with Gasteiger partial charge in [-0.1, -0.05) is 24.3 Å². The van der Waals surface area contributed by atoms with Crippen LogP contribution in [0.15, 0.2) is 60.7 Å². The maximum atomic E-state index is 13.2. The molecule has 6 amide bonds. The Bertz CT molecular complexity index is 1920. The topological polar surface area (TPSA) is 187 Å². The highest BCUT2D eigenvalue weighted by Crippen LogP contribution is 2.33. The molecule has 3 aromatic rings. The van der Waals surface area contributed by atoms with Crippen molar-refractivity contribution >= 4 is 57.8 Å². The number of nitrogens with zero attached hydrogens (tertiary/aromatic N) is 1. The number of nitrogens with one attached hydrogen (secondary N) is 3. The van der Waals surface area contributed by atoms with Crippen LogP contribution < -0.4 is 25.4 Å². The number of allylic oxidation sites excluding steroid dienone is 1. The number of ether oxygens (including phenoxy) is 3. The smallest absolute Gasteiger partial charge is 0.331 e. The Morgan fingerprint density at radius 1 is 0.882 bits per heavy atom. The van der Waals surface area contributed by atoms with Gasteiger partial charge in [-0.25, -0.2) is 4.79 Å². The normalized spacial score (nSPS) is 15.7. The van der Waals surface area contributed by atoms with Crippen LogP contribution in [-0.2, 0) is 28.7 Å². The molecule has 1 fully saturated rings. The van der Waals surface area contributed by atoms with Crippen molar-refractivity contribution < 1.29 is 47.8 Å². The zero-order valence-electron chi connectivity index (χ0n) is 28.2. The quantitative estimate of drug-likeness (QED) is 0.0922. The number of carbonyl (C=O) groups is 7. The zero-order chi connectivity index (χ0) is 36.5. The molecule has 2 heterocycles.